The molecule has 0 aliphatic heterocycles. The molecule has 0 bridgehead atoms. The number of benzene rings is 2. The van der Waals surface area contributed by atoms with Gasteiger partial charge in [0, 0.05) is 34.0 Å². The first-order chi connectivity index (χ1) is 12.5. The number of halogens is 1. The molecule has 4 rings (SSSR count). The van der Waals surface area contributed by atoms with Gasteiger partial charge in [0.05, 0.1) is 0 Å². The molecule has 4 nitrogen and oxygen atoms in total. The number of nitrogens with one attached hydrogen (secondary N) is 1. The van der Waals surface area contributed by atoms with E-state index in [0.29, 0.717) is 22.7 Å². The van der Waals surface area contributed by atoms with Crippen LogP contribution in [0.4, 0.5) is 0 Å². The summed E-state index contributed by atoms with van der Waals surface area (Å²) in [6, 6.07) is 17.5. The molecule has 0 radical (unpaired) electrons. The Morgan fingerprint density at radius 3 is 2.42 bits per heavy atom. The number of hydrogen-bond donors (Lipinski definition) is 1. The highest BCUT2D eigenvalue weighted by Gasteiger charge is 2.17. The number of fused-ring (bicyclic) bond motifs is 1. The molecule has 0 aliphatic carbocycles. The summed E-state index contributed by atoms with van der Waals surface area (Å²) in [4.78, 5) is 17.8. The minimum atomic E-state index is -0.0623. The second kappa shape index (κ2) is 6.46. The van der Waals surface area contributed by atoms with Gasteiger partial charge in [-0.3, -0.25) is 9.89 Å². The first-order valence-corrected chi connectivity index (χ1v) is 8.83. The summed E-state index contributed by atoms with van der Waals surface area (Å²) in [6.07, 6.45) is 0.524. The van der Waals surface area contributed by atoms with Crippen molar-refractivity contribution in [2.24, 2.45) is 0 Å². The van der Waals surface area contributed by atoms with Crippen LogP contribution in [0.15, 0.2) is 59.4 Å². The lowest BCUT2D eigenvalue weighted by molar-refractivity contribution is 0.847. The summed E-state index contributed by atoms with van der Waals surface area (Å²) in [6.45, 7) is 3.86. The van der Waals surface area contributed by atoms with Crippen molar-refractivity contribution in [3.8, 4) is 11.1 Å². The van der Waals surface area contributed by atoms with E-state index in [1.165, 1.54) is 0 Å². The van der Waals surface area contributed by atoms with Crippen LogP contribution in [0.5, 0.6) is 0 Å². The average molecular weight is 364 g/mol. The first kappa shape index (κ1) is 16.6. The highest BCUT2D eigenvalue weighted by Crippen LogP contribution is 2.26. The van der Waals surface area contributed by atoms with E-state index in [-0.39, 0.29) is 5.56 Å². The van der Waals surface area contributed by atoms with E-state index < -0.39 is 0 Å². The second-order valence-electron chi connectivity index (χ2n) is 6.42. The zero-order chi connectivity index (χ0) is 18.3. The topological polar surface area (TPSA) is 50.2 Å². The van der Waals surface area contributed by atoms with E-state index in [9.17, 15) is 4.79 Å². The Hall–Kier alpha value is -2.85. The largest absolute Gasteiger partial charge is 0.293 e. The Bertz CT molecular complexity index is 1140. The van der Waals surface area contributed by atoms with Crippen LogP contribution in [0.1, 0.15) is 22.5 Å². The van der Waals surface area contributed by atoms with Crippen molar-refractivity contribution in [2.75, 3.05) is 0 Å². The van der Waals surface area contributed by atoms with Gasteiger partial charge in [0.15, 0.2) is 5.65 Å². The van der Waals surface area contributed by atoms with Gasteiger partial charge in [-0.25, -0.2) is 9.50 Å². The fourth-order valence-corrected chi connectivity index (χ4v) is 3.41. The number of aryl methyl sites for hydroxylation is 2. The summed E-state index contributed by atoms with van der Waals surface area (Å²) in [7, 11) is 0. The van der Waals surface area contributed by atoms with Crippen LogP contribution >= 0.6 is 11.6 Å². The van der Waals surface area contributed by atoms with Crippen molar-refractivity contribution in [3.05, 3.63) is 92.5 Å². The van der Waals surface area contributed by atoms with E-state index in [1.54, 1.807) is 4.52 Å². The molecule has 1 N–H and O–H groups in total. The highest BCUT2D eigenvalue weighted by atomic mass is 35.5. The van der Waals surface area contributed by atoms with Crippen molar-refractivity contribution >= 4 is 17.2 Å². The monoisotopic (exact) mass is 363 g/mol. The van der Waals surface area contributed by atoms with E-state index >= 15 is 0 Å². The normalized spacial score (nSPS) is 11.2. The van der Waals surface area contributed by atoms with Crippen LogP contribution in [0.3, 0.4) is 0 Å². The molecule has 2 heterocycles. The number of hydrogen-bond acceptors (Lipinski definition) is 2. The Balaban J connectivity index is 1.88. The maximum atomic E-state index is 13.1. The van der Waals surface area contributed by atoms with Gasteiger partial charge in [0.2, 0.25) is 0 Å². The Labute approximate surface area is 156 Å². The lowest BCUT2D eigenvalue weighted by atomic mass is 10.0. The lowest BCUT2D eigenvalue weighted by Crippen LogP contribution is -2.22. The number of nitrogens with zero attached hydrogens (tertiary/aromatic N) is 2. The molecule has 2 aromatic heterocycles. The maximum absolute atomic E-state index is 13.1. The minimum Gasteiger partial charge on any atom is -0.293 e. The molecule has 5 heteroatoms. The molecule has 0 saturated heterocycles. The number of rotatable bonds is 3. The maximum Gasteiger partial charge on any atom is 0.276 e. The number of H-pyrrole nitrogens is 1. The molecule has 0 atom stereocenters. The Kier molecular flexibility index (Phi) is 4.13. The second-order valence-corrected chi connectivity index (χ2v) is 6.86. The van der Waals surface area contributed by atoms with Crippen LogP contribution in [0.2, 0.25) is 5.02 Å². The smallest absolute Gasteiger partial charge is 0.276 e. The van der Waals surface area contributed by atoms with Crippen LogP contribution < -0.4 is 5.56 Å². The third-order valence-corrected chi connectivity index (χ3v) is 4.87. The molecule has 26 heavy (non-hydrogen) atoms. The predicted octanol–water partition coefficient (Wildman–Crippen LogP) is 4.55. The van der Waals surface area contributed by atoms with Crippen molar-refractivity contribution in [1.82, 2.24) is 14.6 Å². The van der Waals surface area contributed by atoms with Gasteiger partial charge in [0.1, 0.15) is 0 Å². The Morgan fingerprint density at radius 2 is 1.73 bits per heavy atom. The van der Waals surface area contributed by atoms with Gasteiger partial charge in [-0.1, -0.05) is 54.1 Å². The number of aromatic amines is 1. The van der Waals surface area contributed by atoms with Crippen molar-refractivity contribution in [1.29, 1.82) is 0 Å². The van der Waals surface area contributed by atoms with Crippen LogP contribution in [-0.4, -0.2) is 14.6 Å². The molecule has 4 aromatic rings. The first-order valence-electron chi connectivity index (χ1n) is 8.45. The van der Waals surface area contributed by atoms with Crippen molar-refractivity contribution in [2.45, 2.75) is 20.3 Å². The summed E-state index contributed by atoms with van der Waals surface area (Å²) >= 11 is 5.95. The van der Waals surface area contributed by atoms with Crippen LogP contribution in [-0.2, 0) is 6.42 Å². The molecule has 0 spiro atoms. The summed E-state index contributed by atoms with van der Waals surface area (Å²) in [5.41, 5.74) is 5.99. The fourth-order valence-electron chi connectivity index (χ4n) is 3.29. The molecular weight excluding hydrogens is 346 g/mol. The zero-order valence-electron chi connectivity index (χ0n) is 14.6. The Morgan fingerprint density at radius 1 is 1.04 bits per heavy atom. The number of aromatic nitrogens is 3. The van der Waals surface area contributed by atoms with Crippen molar-refractivity contribution < 1.29 is 0 Å². The summed E-state index contributed by atoms with van der Waals surface area (Å²) in [5.74, 6) is 0. The summed E-state index contributed by atoms with van der Waals surface area (Å²) in [5, 5.41) is 3.86. The average Bonchev–Trinajstić information content (AvgIpc) is 2.97. The van der Waals surface area contributed by atoms with E-state index in [1.807, 2.05) is 68.4 Å². The SMILES string of the molecule is Cc1nc2c(-c3ccccc3)c(C)[nH]n2c(=O)c1Cc1ccc(Cl)cc1. The van der Waals surface area contributed by atoms with Gasteiger partial charge in [-0.15, -0.1) is 0 Å². The van der Waals surface area contributed by atoms with Gasteiger partial charge in [0.25, 0.3) is 5.56 Å². The van der Waals surface area contributed by atoms with E-state index in [4.69, 9.17) is 16.6 Å². The molecule has 0 aliphatic rings. The summed E-state index contributed by atoms with van der Waals surface area (Å²) < 4.78 is 1.55. The van der Waals surface area contributed by atoms with Gasteiger partial charge in [-0.05, 0) is 37.1 Å². The van der Waals surface area contributed by atoms with E-state index in [2.05, 4.69) is 5.10 Å². The molecule has 0 fully saturated rings. The molecule has 0 saturated carbocycles. The van der Waals surface area contributed by atoms with Gasteiger partial charge < -0.3 is 0 Å². The van der Waals surface area contributed by atoms with Crippen LogP contribution in [0.25, 0.3) is 16.8 Å². The fraction of sp³-hybridized carbons (Fsp3) is 0.143. The van der Waals surface area contributed by atoms with Crippen molar-refractivity contribution in [3.63, 3.8) is 0 Å². The standard InChI is InChI=1S/C21H18ClN3O/c1-13-18(12-15-8-10-17(22)11-9-15)21(26)25-20(23-13)19(14(2)24-25)16-6-4-3-5-7-16/h3-11,24H,12H2,1-2H3. The predicted molar refractivity (Wildman–Crippen MR) is 105 cm³/mol. The van der Waals surface area contributed by atoms with Gasteiger partial charge >= 0.3 is 0 Å². The lowest BCUT2D eigenvalue weighted by Gasteiger charge is -2.07. The third kappa shape index (κ3) is 2.82. The molecule has 0 amide bonds. The van der Waals surface area contributed by atoms with Gasteiger partial charge in [-0.2, -0.15) is 0 Å². The van der Waals surface area contributed by atoms with Crippen LogP contribution in [0, 0.1) is 13.8 Å². The molecule has 0 unspecified atom stereocenters. The molecule has 2 aromatic carbocycles. The van der Waals surface area contributed by atoms with E-state index in [0.717, 1.165) is 28.1 Å². The molecule has 130 valence electrons. The third-order valence-electron chi connectivity index (χ3n) is 4.62. The minimum absolute atomic E-state index is 0.0623. The molecular formula is C21H18ClN3O. The zero-order valence-corrected chi connectivity index (χ0v) is 15.3. The quantitative estimate of drug-likeness (QED) is 0.580. The highest BCUT2D eigenvalue weighted by molar-refractivity contribution is 6.30.